The van der Waals surface area contributed by atoms with Crippen molar-refractivity contribution in [2.24, 2.45) is 4.99 Å². The predicted octanol–water partition coefficient (Wildman–Crippen LogP) is 1.43. The molecule has 0 bridgehead atoms. The summed E-state index contributed by atoms with van der Waals surface area (Å²) in [6, 6.07) is 9.61. The van der Waals surface area contributed by atoms with Crippen LogP contribution in [0.1, 0.15) is 21.5 Å². The molecule has 49 heavy (non-hydrogen) atoms. The van der Waals surface area contributed by atoms with Crippen LogP contribution in [0.3, 0.4) is 0 Å². The molecule has 5 amide bonds. The number of rotatable bonds is 6. The van der Waals surface area contributed by atoms with Crippen LogP contribution in [0.2, 0.25) is 0 Å². The Labute approximate surface area is 295 Å². The fourth-order valence-electron chi connectivity index (χ4n) is 6.66. The van der Waals surface area contributed by atoms with Gasteiger partial charge in [-0.2, -0.15) is 0 Å². The Bertz CT molecular complexity index is 1750. The number of imide groups is 1. The predicted molar refractivity (Wildman–Crippen MR) is 180 cm³/mol. The maximum Gasteiger partial charge on any atom is 0.414 e. The largest absolute Gasteiger partial charge is 0.445 e. The first kappa shape index (κ1) is 34.6. The average molecular weight is 736 g/mol. The first-order valence-electron chi connectivity index (χ1n) is 15.1. The molecule has 2 aromatic carbocycles. The number of nitrogens with one attached hydrogen (secondary N) is 4. The van der Waals surface area contributed by atoms with Crippen LogP contribution in [-0.4, -0.2) is 110 Å². The van der Waals surface area contributed by atoms with E-state index in [4.69, 9.17) is 39.5 Å². The van der Waals surface area contributed by atoms with Crippen molar-refractivity contribution in [3.05, 3.63) is 77.6 Å². The highest BCUT2D eigenvalue weighted by molar-refractivity contribution is 6.67. The summed E-state index contributed by atoms with van der Waals surface area (Å²) in [6.45, 7) is 6.05. The van der Waals surface area contributed by atoms with Crippen molar-refractivity contribution < 1.29 is 34.1 Å². The summed E-state index contributed by atoms with van der Waals surface area (Å²) >= 11 is 17.3. The van der Waals surface area contributed by atoms with E-state index in [1.807, 2.05) is 13.0 Å². The topological polar surface area (TPSA) is 188 Å². The van der Waals surface area contributed by atoms with Crippen LogP contribution in [0, 0.1) is 13.8 Å². The number of hydrogen-bond acceptors (Lipinski definition) is 11. The van der Waals surface area contributed by atoms with Gasteiger partial charge in [0, 0.05) is 17.8 Å². The standard InChI is InChI=1S/C31H33Cl3N8O7/c1-16-8-7-11-20(17(16)2)25(44)37-22-13-42-26(38-27(45)49-15-29(32,33)34)36-21(24-30(42,31(22,47)48)39-18(3)35-24)12-41-23(43)14-40(28(41)46)19-9-5-4-6-10-19/h4-11,21-22,24,35,39,47-48H,3,12-15H2,1-2H3,(H,37,44)(H,36,38,45)/t21-,22?,24-,30-/m0/s1. The van der Waals surface area contributed by atoms with Gasteiger partial charge in [0.05, 0.1) is 24.4 Å². The lowest BCUT2D eigenvalue weighted by Crippen LogP contribution is -2.78. The quantitative estimate of drug-likeness (QED) is 0.144. The number of aliphatic imine (C=N–C) groups is 1. The van der Waals surface area contributed by atoms with E-state index in [0.717, 1.165) is 10.5 Å². The molecule has 3 saturated heterocycles. The number of ether oxygens (including phenoxy) is 1. The minimum atomic E-state index is -2.78. The molecule has 18 heteroatoms. The van der Waals surface area contributed by atoms with Gasteiger partial charge in [0.1, 0.15) is 19.2 Å². The second kappa shape index (κ2) is 12.6. The number of aliphatic hydroxyl groups is 2. The van der Waals surface area contributed by atoms with E-state index >= 15 is 0 Å². The third-order valence-corrected chi connectivity index (χ3v) is 9.44. The number of anilines is 1. The molecule has 1 spiro atoms. The van der Waals surface area contributed by atoms with Crippen molar-refractivity contribution in [1.29, 1.82) is 0 Å². The lowest BCUT2D eigenvalue weighted by molar-refractivity contribution is -0.231. The Morgan fingerprint density at radius 3 is 2.53 bits per heavy atom. The monoisotopic (exact) mass is 734 g/mol. The van der Waals surface area contributed by atoms with E-state index < -0.39 is 63.9 Å². The Balaban J connectivity index is 1.36. The molecule has 4 aliphatic rings. The summed E-state index contributed by atoms with van der Waals surface area (Å²) in [6.07, 6.45) is -1.10. The molecule has 1 unspecified atom stereocenters. The lowest BCUT2D eigenvalue weighted by Gasteiger charge is -2.49. The smallest absolute Gasteiger partial charge is 0.414 e. The zero-order valence-electron chi connectivity index (χ0n) is 26.2. The number of hydrogen-bond donors (Lipinski definition) is 6. The SMILES string of the molecule is C=C1N[C@H]2[C@H](CN3C(=O)CN(c4ccccc4)C3=O)N=C(NC(=O)OCC(Cl)(Cl)Cl)N3CC(NC(=O)c4cccc(C)c4C)C(O)(O)[C@]23N1. The number of carbonyl (C=O) groups is 4. The normalized spacial score (nSPS) is 25.7. The summed E-state index contributed by atoms with van der Waals surface area (Å²) < 4.78 is 3.12. The molecule has 260 valence electrons. The van der Waals surface area contributed by atoms with Crippen LogP contribution in [0.4, 0.5) is 15.3 Å². The summed E-state index contributed by atoms with van der Waals surface area (Å²) in [5.41, 5.74) is 0.435. The van der Waals surface area contributed by atoms with E-state index in [-0.39, 0.29) is 31.4 Å². The second-order valence-corrected chi connectivity index (χ2v) is 14.7. The Morgan fingerprint density at radius 1 is 1.12 bits per heavy atom. The van der Waals surface area contributed by atoms with Crippen molar-refractivity contribution >= 4 is 70.4 Å². The molecular weight excluding hydrogens is 703 g/mol. The van der Waals surface area contributed by atoms with Crippen LogP contribution >= 0.6 is 34.8 Å². The molecule has 6 rings (SSSR count). The number of benzene rings is 2. The number of para-hydroxylation sites is 1. The number of halogens is 3. The van der Waals surface area contributed by atoms with Crippen molar-refractivity contribution in [3.63, 3.8) is 0 Å². The molecule has 4 heterocycles. The number of carbonyl (C=O) groups excluding carboxylic acids is 4. The van der Waals surface area contributed by atoms with Gasteiger partial charge in [-0.05, 0) is 43.2 Å². The highest BCUT2D eigenvalue weighted by atomic mass is 35.6. The Morgan fingerprint density at radius 2 is 1.84 bits per heavy atom. The number of alkyl halides is 3. The molecular formula is C31H33Cl3N8O7. The van der Waals surface area contributed by atoms with Gasteiger partial charge in [-0.3, -0.25) is 24.7 Å². The number of amides is 5. The van der Waals surface area contributed by atoms with Gasteiger partial charge >= 0.3 is 12.1 Å². The van der Waals surface area contributed by atoms with E-state index in [1.54, 1.807) is 49.4 Å². The molecule has 3 fully saturated rings. The summed E-state index contributed by atoms with van der Waals surface area (Å²) in [7, 11) is 0. The fourth-order valence-corrected chi connectivity index (χ4v) is 6.82. The first-order valence-corrected chi connectivity index (χ1v) is 16.2. The minimum Gasteiger partial charge on any atom is -0.445 e. The molecule has 4 atom stereocenters. The average Bonchev–Trinajstić information content (AvgIpc) is 3.62. The van der Waals surface area contributed by atoms with Crippen LogP contribution in [0.15, 0.2) is 65.9 Å². The maximum absolute atomic E-state index is 13.5. The molecule has 0 radical (unpaired) electrons. The van der Waals surface area contributed by atoms with E-state index in [9.17, 15) is 29.4 Å². The van der Waals surface area contributed by atoms with E-state index in [0.29, 0.717) is 16.8 Å². The van der Waals surface area contributed by atoms with Gasteiger partial charge in [0.25, 0.3) is 11.8 Å². The summed E-state index contributed by atoms with van der Waals surface area (Å²) in [5, 5.41) is 35.3. The number of urea groups is 1. The third kappa shape index (κ3) is 6.10. The molecule has 2 aromatic rings. The van der Waals surface area contributed by atoms with Gasteiger partial charge in [-0.1, -0.05) is 71.7 Å². The maximum atomic E-state index is 13.5. The van der Waals surface area contributed by atoms with Gasteiger partial charge in [-0.25, -0.2) is 14.6 Å². The van der Waals surface area contributed by atoms with Crippen LogP contribution in [-0.2, 0) is 9.53 Å². The van der Waals surface area contributed by atoms with Crippen LogP contribution in [0.5, 0.6) is 0 Å². The van der Waals surface area contributed by atoms with Gasteiger partial charge < -0.3 is 35.8 Å². The van der Waals surface area contributed by atoms with Crippen LogP contribution in [0.25, 0.3) is 0 Å². The summed E-state index contributed by atoms with van der Waals surface area (Å²) in [5.74, 6) is -3.97. The molecule has 15 nitrogen and oxygen atoms in total. The Hall–Kier alpha value is -4.28. The van der Waals surface area contributed by atoms with Gasteiger partial charge in [0.2, 0.25) is 15.5 Å². The number of alkyl carbamates (subject to hydrolysis) is 1. The first-order chi connectivity index (χ1) is 23.0. The number of nitrogens with zero attached hydrogens (tertiary/aromatic N) is 4. The van der Waals surface area contributed by atoms with Crippen molar-refractivity contribution in [2.75, 3.05) is 31.1 Å². The molecule has 4 aliphatic heterocycles. The van der Waals surface area contributed by atoms with Crippen molar-refractivity contribution in [2.45, 2.75) is 47.2 Å². The van der Waals surface area contributed by atoms with Crippen molar-refractivity contribution in [1.82, 2.24) is 31.1 Å². The highest BCUT2D eigenvalue weighted by Crippen LogP contribution is 2.45. The van der Waals surface area contributed by atoms with Crippen molar-refractivity contribution in [3.8, 4) is 0 Å². The minimum absolute atomic E-state index is 0.147. The molecule has 6 N–H and O–H groups in total. The van der Waals surface area contributed by atoms with Gasteiger partial charge in [-0.15, -0.1) is 0 Å². The molecule has 0 aromatic heterocycles. The van der Waals surface area contributed by atoms with E-state index in [2.05, 4.69) is 32.8 Å². The second-order valence-electron chi connectivity index (χ2n) is 12.1. The molecule has 0 aliphatic carbocycles. The summed E-state index contributed by atoms with van der Waals surface area (Å²) in [4.78, 5) is 61.5. The van der Waals surface area contributed by atoms with E-state index in [1.165, 1.54) is 9.80 Å². The third-order valence-electron chi connectivity index (χ3n) is 9.12. The Kier molecular flexibility index (Phi) is 8.86. The van der Waals surface area contributed by atoms with Crippen LogP contribution < -0.4 is 26.2 Å². The lowest BCUT2D eigenvalue weighted by atomic mass is 9.85. The van der Waals surface area contributed by atoms with Gasteiger partial charge in [0.15, 0.2) is 5.66 Å². The zero-order valence-corrected chi connectivity index (χ0v) is 28.5. The molecule has 0 saturated carbocycles. The zero-order chi connectivity index (χ0) is 35.5. The number of aryl methyl sites for hydroxylation is 1. The fraction of sp³-hybridized carbons (Fsp3) is 0.387. The highest BCUT2D eigenvalue weighted by Gasteiger charge is 2.74. The number of guanidine groups is 1.